The minimum absolute atomic E-state index is 0. The van der Waals surface area contributed by atoms with Gasteiger partial charge in [-0.2, -0.15) is 0 Å². The van der Waals surface area contributed by atoms with Gasteiger partial charge in [0.15, 0.2) is 0 Å². The summed E-state index contributed by atoms with van der Waals surface area (Å²) < 4.78 is 0. The normalized spacial score (nSPS) is 7.33. The van der Waals surface area contributed by atoms with Crippen LogP contribution in [0.15, 0.2) is 0 Å². The van der Waals surface area contributed by atoms with Gasteiger partial charge in [-0.05, 0) is 0 Å². The van der Waals surface area contributed by atoms with Crippen LogP contribution in [-0.4, -0.2) is 84.6 Å². The summed E-state index contributed by atoms with van der Waals surface area (Å²) in [5, 5.41) is 31.0. The predicted molar refractivity (Wildman–Crippen MR) is 36.9 cm³/mol. The fourth-order valence-electron chi connectivity index (χ4n) is 0.0577. The van der Waals surface area contributed by atoms with E-state index in [9.17, 15) is 0 Å². The van der Waals surface area contributed by atoms with Crippen LogP contribution in [-0.2, 0) is 0 Å². The quantitative estimate of drug-likeness (QED) is 0.330. The molecule has 0 aromatic carbocycles. The van der Waals surface area contributed by atoms with Crippen LogP contribution < -0.4 is 0 Å². The van der Waals surface area contributed by atoms with Gasteiger partial charge in [-0.15, -0.1) is 0 Å². The molecule has 0 rings (SSSR count). The number of aliphatic hydroxyl groups is 4. The average molecular weight is 166 g/mol. The molecule has 0 radical (unpaired) electrons. The Morgan fingerprint density at radius 2 is 1.33 bits per heavy atom. The van der Waals surface area contributed by atoms with Crippen LogP contribution in [0.1, 0.15) is 0 Å². The molecule has 0 aliphatic rings. The summed E-state index contributed by atoms with van der Waals surface area (Å²) >= 11 is 0. The molecule has 0 aliphatic carbocycles. The molecule has 4 nitrogen and oxygen atoms in total. The van der Waals surface area contributed by atoms with E-state index in [2.05, 4.69) is 0 Å². The van der Waals surface area contributed by atoms with Crippen LogP contribution in [0.4, 0.5) is 0 Å². The van der Waals surface area contributed by atoms with Crippen molar-refractivity contribution in [2.45, 2.75) is 6.10 Å². The number of aliphatic hydroxyl groups excluding tert-OH is 4. The van der Waals surface area contributed by atoms with E-state index in [1.54, 1.807) is 0 Å². The van der Waals surface area contributed by atoms with Gasteiger partial charge in [0.25, 0.3) is 0 Å². The summed E-state index contributed by atoms with van der Waals surface area (Å²) in [6.45, 7) is -0.729. The van der Waals surface area contributed by atoms with Crippen molar-refractivity contribution in [1.82, 2.24) is 0 Å². The van der Waals surface area contributed by atoms with Crippen LogP contribution >= 0.6 is 0 Å². The van der Waals surface area contributed by atoms with Crippen LogP contribution in [0.3, 0.4) is 0 Å². The molecular weight excluding hydrogens is 152 g/mol. The summed E-state index contributed by atoms with van der Waals surface area (Å²) in [6.07, 6.45) is -0.954. The van der Waals surface area contributed by atoms with Gasteiger partial charge in [0.2, 0.25) is 0 Å². The Morgan fingerprint density at radius 3 is 1.33 bits per heavy atom. The van der Waals surface area contributed by atoms with Crippen molar-refractivity contribution in [3.05, 3.63) is 0 Å². The van der Waals surface area contributed by atoms with Crippen LogP contribution in [0.25, 0.3) is 0 Å². The molecule has 0 bridgehead atoms. The molecule has 0 aromatic heterocycles. The average Bonchev–Trinajstić information content (AvgIpc) is 1.91. The van der Waals surface area contributed by atoms with Crippen LogP contribution in [0.5, 0.6) is 0 Å². The van der Waals surface area contributed by atoms with Gasteiger partial charge in [0.1, 0.15) is 6.10 Å². The molecule has 0 saturated carbocycles. The van der Waals surface area contributed by atoms with Crippen molar-refractivity contribution < 1.29 is 20.4 Å². The molecule has 0 aromatic rings. The van der Waals surface area contributed by atoms with Crippen molar-refractivity contribution >= 4 is 37.7 Å². The Balaban J connectivity index is -0.000000109. The Hall–Kier alpha value is 1.10. The van der Waals surface area contributed by atoms with Crippen molar-refractivity contribution in [3.63, 3.8) is 0 Å². The van der Waals surface area contributed by atoms with E-state index in [-0.39, 0.29) is 51.0 Å². The predicted octanol–water partition coefficient (Wildman–Crippen LogP) is -2.98. The molecule has 4 N–H and O–H groups in total. The molecular formula is C4H14CaO4. The monoisotopic (exact) mass is 166 g/mol. The summed E-state index contributed by atoms with van der Waals surface area (Å²) in [4.78, 5) is 0. The number of rotatable bonds is 2. The van der Waals surface area contributed by atoms with E-state index in [1.807, 2.05) is 0 Å². The number of hydrogen-bond donors (Lipinski definition) is 4. The molecule has 5 heteroatoms. The molecule has 0 aliphatic heterocycles. The topological polar surface area (TPSA) is 80.9 Å². The molecule has 0 fully saturated rings. The van der Waals surface area contributed by atoms with E-state index in [1.165, 1.54) is 0 Å². The van der Waals surface area contributed by atoms with E-state index in [4.69, 9.17) is 20.4 Å². The first-order valence-electron chi connectivity index (χ1n) is 2.15. The van der Waals surface area contributed by atoms with Gasteiger partial charge in [-0.1, -0.05) is 0 Å². The summed E-state index contributed by atoms with van der Waals surface area (Å²) in [5.41, 5.74) is 0. The Morgan fingerprint density at radius 1 is 1.11 bits per heavy atom. The zero-order chi connectivity index (χ0) is 6.99. The van der Waals surface area contributed by atoms with E-state index in [0.29, 0.717) is 0 Å². The Kier molecular flexibility index (Phi) is 29.6. The number of hydrogen-bond acceptors (Lipinski definition) is 4. The molecule has 0 amide bonds. The van der Waals surface area contributed by atoms with Crippen molar-refractivity contribution in [3.8, 4) is 0 Å². The maximum atomic E-state index is 8.17. The first-order chi connectivity index (χ1) is 3.81. The fourth-order valence-corrected chi connectivity index (χ4v) is 0.0577. The Labute approximate surface area is 84.1 Å². The van der Waals surface area contributed by atoms with E-state index >= 15 is 0 Å². The maximum absolute atomic E-state index is 8.17. The van der Waals surface area contributed by atoms with Gasteiger partial charge >= 0.3 is 37.7 Å². The standard InChI is InChI=1S/C3H8O3.CH4O.Ca.2H/c4-1-3(6)2-5;1-2;;;/h3-6H,1-2H2;2H,1H3;;;. The van der Waals surface area contributed by atoms with Gasteiger partial charge in [-0.25, -0.2) is 0 Å². The second kappa shape index (κ2) is 16.0. The zero-order valence-corrected chi connectivity index (χ0v) is 4.78. The Bertz CT molecular complexity index is 31.7. The molecule has 9 heavy (non-hydrogen) atoms. The SMILES string of the molecule is CO.OCC(O)CO.[CaH2]. The van der Waals surface area contributed by atoms with Gasteiger partial charge in [-0.3, -0.25) is 0 Å². The zero-order valence-electron chi connectivity index (χ0n) is 4.78. The first-order valence-corrected chi connectivity index (χ1v) is 2.15. The molecule has 56 valence electrons. The molecule has 0 saturated heterocycles. The van der Waals surface area contributed by atoms with Crippen molar-refractivity contribution in [2.24, 2.45) is 0 Å². The van der Waals surface area contributed by atoms with Crippen molar-refractivity contribution in [2.75, 3.05) is 20.3 Å². The fraction of sp³-hybridized carbons (Fsp3) is 1.00. The van der Waals surface area contributed by atoms with Gasteiger partial charge in [0.05, 0.1) is 13.2 Å². The molecule has 0 atom stereocenters. The summed E-state index contributed by atoms with van der Waals surface area (Å²) in [6, 6.07) is 0. The van der Waals surface area contributed by atoms with E-state index < -0.39 is 6.10 Å². The molecule has 0 unspecified atom stereocenters. The third kappa shape index (κ3) is 17.6. The molecule has 0 spiro atoms. The summed E-state index contributed by atoms with van der Waals surface area (Å²) in [5.74, 6) is 0. The third-order valence-corrected chi connectivity index (χ3v) is 0.421. The minimum atomic E-state index is -0.954. The second-order valence-corrected chi connectivity index (χ2v) is 1.02. The second-order valence-electron chi connectivity index (χ2n) is 1.02. The van der Waals surface area contributed by atoms with Gasteiger partial charge in [0, 0.05) is 7.11 Å². The van der Waals surface area contributed by atoms with Crippen molar-refractivity contribution in [1.29, 1.82) is 0 Å². The van der Waals surface area contributed by atoms with Crippen LogP contribution in [0, 0.1) is 0 Å². The van der Waals surface area contributed by atoms with Crippen LogP contribution in [0.2, 0.25) is 0 Å². The summed E-state index contributed by atoms with van der Waals surface area (Å²) in [7, 11) is 1.00. The first kappa shape index (κ1) is 16.6. The third-order valence-electron chi connectivity index (χ3n) is 0.421. The van der Waals surface area contributed by atoms with Gasteiger partial charge < -0.3 is 20.4 Å². The molecule has 0 heterocycles. The van der Waals surface area contributed by atoms with E-state index in [0.717, 1.165) is 7.11 Å².